The number of hydrogen-bond acceptors (Lipinski definition) is 8. The monoisotopic (exact) mass is 491 g/mol. The molecule has 2 aromatic rings. The van der Waals surface area contributed by atoms with Crippen LogP contribution in [0.1, 0.15) is 17.3 Å². The van der Waals surface area contributed by atoms with Crippen molar-refractivity contribution < 1.29 is 28.8 Å². The summed E-state index contributed by atoms with van der Waals surface area (Å²) in [5.74, 6) is -1.92. The molecule has 2 aromatic carbocycles. The number of rotatable bonds is 5. The first kappa shape index (κ1) is 24.6. The van der Waals surface area contributed by atoms with Crippen LogP contribution in [-0.4, -0.2) is 72.2 Å². The number of aliphatic imine (C=N–C) groups is 1. The van der Waals surface area contributed by atoms with Crippen LogP contribution in [-0.2, 0) is 19.2 Å². The van der Waals surface area contributed by atoms with Crippen LogP contribution in [0.5, 0.6) is 0 Å². The maximum Gasteiger partial charge on any atom is 0.409 e. The van der Waals surface area contributed by atoms with Gasteiger partial charge in [0.05, 0.1) is 12.3 Å². The van der Waals surface area contributed by atoms with Gasteiger partial charge in [0.1, 0.15) is 5.71 Å². The van der Waals surface area contributed by atoms with Crippen molar-refractivity contribution in [1.29, 1.82) is 0 Å². The van der Waals surface area contributed by atoms with Crippen molar-refractivity contribution in [1.82, 2.24) is 15.4 Å². The summed E-state index contributed by atoms with van der Waals surface area (Å²) in [6, 6.07) is 17.2. The molecule has 2 fully saturated rings. The lowest BCUT2D eigenvalue weighted by atomic mass is 10.2. The number of hydrogen-bond donors (Lipinski definition) is 1. The average molecular weight is 492 g/mol. The minimum Gasteiger partial charge on any atom is -0.450 e. The van der Waals surface area contributed by atoms with Crippen LogP contribution in [0.4, 0.5) is 10.5 Å². The number of benzene rings is 2. The van der Waals surface area contributed by atoms with E-state index in [1.165, 1.54) is 20.9 Å². The van der Waals surface area contributed by atoms with Crippen molar-refractivity contribution in [2.24, 2.45) is 4.99 Å². The first-order valence-electron chi connectivity index (χ1n) is 11.4. The van der Waals surface area contributed by atoms with E-state index in [2.05, 4.69) is 10.6 Å². The fraction of sp³-hybridized carbons (Fsp3) is 0.240. The van der Waals surface area contributed by atoms with Crippen LogP contribution in [0.2, 0.25) is 0 Å². The van der Waals surface area contributed by atoms with E-state index in [4.69, 9.17) is 9.57 Å². The van der Waals surface area contributed by atoms with Crippen molar-refractivity contribution in [3.05, 3.63) is 78.0 Å². The largest absolute Gasteiger partial charge is 0.450 e. The lowest BCUT2D eigenvalue weighted by Crippen LogP contribution is -2.52. The highest BCUT2D eigenvalue weighted by Gasteiger charge is 2.33. The molecule has 0 aromatic heterocycles. The zero-order valence-corrected chi connectivity index (χ0v) is 19.6. The van der Waals surface area contributed by atoms with Gasteiger partial charge in [-0.2, -0.15) is 0 Å². The van der Waals surface area contributed by atoms with Gasteiger partial charge < -0.3 is 19.4 Å². The second kappa shape index (κ2) is 11.3. The van der Waals surface area contributed by atoms with E-state index in [-0.39, 0.29) is 44.2 Å². The molecule has 3 amide bonds. The molecule has 1 N–H and O–H groups in total. The van der Waals surface area contributed by atoms with Gasteiger partial charge in [0.2, 0.25) is 0 Å². The molecule has 4 rings (SSSR count). The van der Waals surface area contributed by atoms with Crippen LogP contribution in [0.15, 0.2) is 77.4 Å². The summed E-state index contributed by atoms with van der Waals surface area (Å²) >= 11 is 0. The number of ether oxygens (including phenoxy) is 1. The highest BCUT2D eigenvalue weighted by atomic mass is 16.7. The first-order valence-corrected chi connectivity index (χ1v) is 11.4. The number of carbonyl (C=O) groups is 4. The topological polar surface area (TPSA) is 121 Å². The highest BCUT2D eigenvalue weighted by molar-refractivity contribution is 6.45. The molecule has 2 aliphatic rings. The molecule has 186 valence electrons. The molecule has 0 spiro atoms. The van der Waals surface area contributed by atoms with Crippen molar-refractivity contribution in [3.8, 4) is 0 Å². The Morgan fingerprint density at radius 3 is 2.22 bits per heavy atom. The lowest BCUT2D eigenvalue weighted by Gasteiger charge is -2.34. The minimum absolute atomic E-state index is 0.0145. The van der Waals surface area contributed by atoms with E-state index in [1.54, 1.807) is 61.5 Å². The third-order valence-electron chi connectivity index (χ3n) is 5.52. The molecule has 11 heteroatoms. The summed E-state index contributed by atoms with van der Waals surface area (Å²) in [7, 11) is 0. The summed E-state index contributed by atoms with van der Waals surface area (Å²) in [5.41, 5.74) is 3.13. The molecule has 0 atom stereocenters. The fourth-order valence-electron chi connectivity index (χ4n) is 3.67. The van der Waals surface area contributed by atoms with Crippen molar-refractivity contribution >= 4 is 35.3 Å². The summed E-state index contributed by atoms with van der Waals surface area (Å²) in [5, 5.41) is 1.36. The molecular weight excluding hydrogens is 466 g/mol. The molecule has 11 nitrogen and oxygen atoms in total. The SMILES string of the molecule is CCOC(=O)N1CCN(C(=O)C(/C=C2\C(=O)ONN2c2ccccc2)=NC(=O)c2ccccc2)CC1. The van der Waals surface area contributed by atoms with Gasteiger partial charge in [-0.05, 0) is 31.2 Å². The quantitative estimate of drug-likeness (QED) is 0.498. The van der Waals surface area contributed by atoms with E-state index in [9.17, 15) is 19.2 Å². The molecule has 2 heterocycles. The van der Waals surface area contributed by atoms with Crippen LogP contribution >= 0.6 is 0 Å². The molecule has 0 radical (unpaired) electrons. The predicted molar refractivity (Wildman–Crippen MR) is 130 cm³/mol. The predicted octanol–water partition coefficient (Wildman–Crippen LogP) is 1.94. The van der Waals surface area contributed by atoms with Gasteiger partial charge in [-0.1, -0.05) is 42.0 Å². The van der Waals surface area contributed by atoms with E-state index < -0.39 is 23.9 Å². The van der Waals surface area contributed by atoms with Gasteiger partial charge in [0, 0.05) is 37.8 Å². The van der Waals surface area contributed by atoms with Crippen LogP contribution in [0, 0.1) is 0 Å². The van der Waals surface area contributed by atoms with Gasteiger partial charge in [-0.3, -0.25) is 9.59 Å². The molecular formula is C25H25N5O6. The second-order valence-corrected chi connectivity index (χ2v) is 7.83. The zero-order valence-electron chi connectivity index (χ0n) is 19.6. The third kappa shape index (κ3) is 5.58. The lowest BCUT2D eigenvalue weighted by molar-refractivity contribution is -0.140. The second-order valence-electron chi connectivity index (χ2n) is 7.83. The Morgan fingerprint density at radius 2 is 1.58 bits per heavy atom. The van der Waals surface area contributed by atoms with Gasteiger partial charge in [0.15, 0.2) is 5.70 Å². The number of carbonyl (C=O) groups excluding carboxylic acids is 4. The Balaban J connectivity index is 1.64. The van der Waals surface area contributed by atoms with Crippen LogP contribution < -0.4 is 10.6 Å². The molecule has 0 unspecified atom stereocenters. The average Bonchev–Trinajstić information content (AvgIpc) is 3.28. The van der Waals surface area contributed by atoms with Crippen LogP contribution in [0.25, 0.3) is 0 Å². The number of nitrogens with one attached hydrogen (secondary N) is 1. The van der Waals surface area contributed by atoms with E-state index in [1.807, 2.05) is 6.07 Å². The molecule has 0 saturated carbocycles. The van der Waals surface area contributed by atoms with Gasteiger partial charge in [-0.25, -0.2) is 19.6 Å². The summed E-state index contributed by atoms with van der Waals surface area (Å²) in [6.45, 7) is 2.93. The summed E-state index contributed by atoms with van der Waals surface area (Å²) in [6.07, 6.45) is 0.786. The number of para-hydroxylation sites is 1. The number of hydrazine groups is 1. The smallest absolute Gasteiger partial charge is 0.409 e. The maximum absolute atomic E-state index is 13.5. The molecule has 2 saturated heterocycles. The Kier molecular flexibility index (Phi) is 7.71. The normalized spacial score (nSPS) is 17.2. The Morgan fingerprint density at radius 1 is 0.972 bits per heavy atom. The highest BCUT2D eigenvalue weighted by Crippen LogP contribution is 2.22. The number of nitrogens with zero attached hydrogens (tertiary/aromatic N) is 4. The Hall–Kier alpha value is -4.51. The van der Waals surface area contributed by atoms with Crippen molar-refractivity contribution in [2.75, 3.05) is 37.8 Å². The Bertz CT molecular complexity index is 1190. The summed E-state index contributed by atoms with van der Waals surface area (Å²) in [4.78, 5) is 62.9. The molecule has 2 aliphatic heterocycles. The summed E-state index contributed by atoms with van der Waals surface area (Å²) < 4.78 is 5.02. The van der Waals surface area contributed by atoms with Gasteiger partial charge in [-0.15, -0.1) is 0 Å². The standard InChI is InChI=1S/C25H25N5O6/c1-2-35-25(34)29-15-13-28(14-16-29)23(32)20(26-22(31)18-9-5-3-6-10-18)17-21-24(33)36-27-30(21)19-11-7-4-8-12-19/h3-12,17,27H,2,13-16H2,1H3/b21-17+,26-20?. The molecule has 0 bridgehead atoms. The fourth-order valence-corrected chi connectivity index (χ4v) is 3.67. The molecule has 36 heavy (non-hydrogen) atoms. The van der Waals surface area contributed by atoms with Crippen molar-refractivity contribution in [3.63, 3.8) is 0 Å². The van der Waals surface area contributed by atoms with Gasteiger partial charge >= 0.3 is 12.1 Å². The Labute approximate surface area is 207 Å². The maximum atomic E-state index is 13.5. The first-order chi connectivity index (χ1) is 17.5. The van der Waals surface area contributed by atoms with E-state index in [0.29, 0.717) is 11.3 Å². The van der Waals surface area contributed by atoms with Gasteiger partial charge in [0.25, 0.3) is 11.8 Å². The molecule has 0 aliphatic carbocycles. The van der Waals surface area contributed by atoms with Crippen LogP contribution in [0.3, 0.4) is 0 Å². The minimum atomic E-state index is -0.737. The van der Waals surface area contributed by atoms with E-state index >= 15 is 0 Å². The van der Waals surface area contributed by atoms with E-state index in [0.717, 1.165) is 0 Å². The van der Waals surface area contributed by atoms with Crippen molar-refractivity contribution in [2.45, 2.75) is 6.92 Å². The zero-order chi connectivity index (χ0) is 25.5. The number of piperazine rings is 1. The number of anilines is 1. The number of amides is 3. The third-order valence-corrected chi connectivity index (χ3v) is 5.52.